The minimum absolute atomic E-state index is 0. The number of hydrogen-bond donors (Lipinski definition) is 9. The minimum atomic E-state index is -0.770. The zero-order valence-corrected chi connectivity index (χ0v) is 69.4. The van der Waals surface area contributed by atoms with E-state index in [1.165, 1.54) is 35.5 Å². The molecular weight excluding hydrogens is 1560 g/mol. The van der Waals surface area contributed by atoms with E-state index in [4.69, 9.17) is 70.3 Å². The van der Waals surface area contributed by atoms with Crippen molar-refractivity contribution in [1.29, 1.82) is 5.26 Å². The van der Waals surface area contributed by atoms with Crippen molar-refractivity contribution < 1.29 is 106 Å². The highest BCUT2D eigenvalue weighted by Crippen LogP contribution is 2.32. The maximum atomic E-state index is 12.1. The SMILES string of the molecule is C.C.C.C.C.C.C1CCOC1.C1CCOC1.CC(C)(C)OC(=O)N1CC2OC2C1.CC(C)(C)OC(=O)N1C[C@H](CC#N)[C@@H](O)C1.CC(C)(C)OC(=O)N1C[C@H](CCN)[C@@H](O)C1.CC(C)(C)OC(=O)N1C[C@H](CCNC(=O)OCc2ccccc2)[C@@H](O)C1.CO.O=C(Cl)OCc1ccccc1.O=C(NCC[C@H]1CNC[C@@H]1O)OCc1ccccc1. The van der Waals surface area contributed by atoms with Gasteiger partial charge >= 0.3 is 42.0 Å². The summed E-state index contributed by atoms with van der Waals surface area (Å²) < 4.78 is 50.9. The molecule has 3 aromatic rings. The van der Waals surface area contributed by atoms with Crippen molar-refractivity contribution in [2.24, 2.45) is 29.4 Å². The fourth-order valence-electron chi connectivity index (χ4n) is 11.6. The number of nitrogens with two attached hydrogens (primary N) is 1. The van der Waals surface area contributed by atoms with Crippen LogP contribution in [0.4, 0.5) is 33.6 Å². The fraction of sp³-hybridized carbons (Fsp3) is 0.701. The number of carbonyl (C=O) groups is 7. The summed E-state index contributed by atoms with van der Waals surface area (Å²) in [7, 11) is 1.00. The Hall–Kier alpha value is -7.87. The van der Waals surface area contributed by atoms with E-state index in [1.54, 1.807) is 51.3 Å². The Kier molecular flexibility index (Phi) is 61.5. The molecule has 0 spiro atoms. The maximum absolute atomic E-state index is 12.1. The van der Waals surface area contributed by atoms with Crippen LogP contribution in [0.25, 0.3) is 0 Å². The van der Waals surface area contributed by atoms with Gasteiger partial charge in [0.15, 0.2) is 0 Å². The number of aliphatic hydroxyl groups excluding tert-OH is 5. The first-order chi connectivity index (χ1) is 53.4. The van der Waals surface area contributed by atoms with Gasteiger partial charge in [0.05, 0.1) is 63.2 Å². The Bertz CT molecular complexity index is 3190. The molecular formula is C87H154ClN9O22. The van der Waals surface area contributed by atoms with Crippen molar-refractivity contribution >= 4 is 53.6 Å². The van der Waals surface area contributed by atoms with Crippen molar-refractivity contribution in [1.82, 2.24) is 35.6 Å². The Labute approximate surface area is 717 Å². The molecule has 0 radical (unpaired) electrons. The van der Waals surface area contributed by atoms with Gasteiger partial charge in [-0.25, -0.2) is 33.6 Å². The predicted octanol–water partition coefficient (Wildman–Crippen LogP) is 13.7. The highest BCUT2D eigenvalue weighted by Gasteiger charge is 2.49. The number of amides is 6. The highest BCUT2D eigenvalue weighted by atomic mass is 35.5. The summed E-state index contributed by atoms with van der Waals surface area (Å²) in [4.78, 5) is 86.5. The molecule has 0 aliphatic carbocycles. The van der Waals surface area contributed by atoms with Gasteiger partial charge in [-0.15, -0.1) is 0 Å². The fourth-order valence-corrected chi connectivity index (χ4v) is 11.6. The molecule has 8 saturated heterocycles. The second-order valence-electron chi connectivity index (χ2n) is 31.9. The number of aliphatic hydroxyl groups is 5. The molecule has 0 bridgehead atoms. The number of benzene rings is 3. The normalized spacial score (nSPS) is 21.1. The predicted molar refractivity (Wildman–Crippen MR) is 464 cm³/mol. The Balaban J connectivity index is -0.000000650. The van der Waals surface area contributed by atoms with E-state index in [0.29, 0.717) is 71.9 Å². The molecule has 8 aliphatic heterocycles. The van der Waals surface area contributed by atoms with Crippen LogP contribution in [-0.2, 0) is 67.2 Å². The van der Waals surface area contributed by atoms with Gasteiger partial charge in [0, 0.05) is 121 Å². The lowest BCUT2D eigenvalue weighted by atomic mass is 10.0. The average molecular weight is 1710 g/mol. The summed E-state index contributed by atoms with van der Waals surface area (Å²) in [6.45, 7) is 33.1. The quantitative estimate of drug-likeness (QED) is 0.0388. The molecule has 6 amide bonds. The number of epoxide rings is 1. The van der Waals surface area contributed by atoms with Crippen LogP contribution in [0.2, 0.25) is 0 Å². The minimum Gasteiger partial charge on any atom is -0.449 e. The summed E-state index contributed by atoms with van der Waals surface area (Å²) in [5.41, 5.74) is 5.51. The molecule has 11 rings (SSSR count). The first kappa shape index (κ1) is 117. The van der Waals surface area contributed by atoms with E-state index in [2.05, 4.69) is 20.7 Å². The zero-order chi connectivity index (χ0) is 84.2. The van der Waals surface area contributed by atoms with Gasteiger partial charge in [0.2, 0.25) is 0 Å². The number of hydrogen-bond acceptors (Lipinski definition) is 25. The van der Waals surface area contributed by atoms with E-state index in [1.807, 2.05) is 139 Å². The third-order valence-corrected chi connectivity index (χ3v) is 17.5. The summed E-state index contributed by atoms with van der Waals surface area (Å²) in [6, 6.07) is 30.4. The van der Waals surface area contributed by atoms with E-state index in [0.717, 1.165) is 69.6 Å². The number of morpholine rings is 1. The smallest absolute Gasteiger partial charge is 0.410 e. The molecule has 10 N–H and O–H groups in total. The molecule has 119 heavy (non-hydrogen) atoms. The van der Waals surface area contributed by atoms with Crippen molar-refractivity contribution in [3.63, 3.8) is 0 Å². The largest absolute Gasteiger partial charge is 0.449 e. The van der Waals surface area contributed by atoms with Crippen LogP contribution in [-0.4, -0.2) is 265 Å². The van der Waals surface area contributed by atoms with Crippen LogP contribution in [0.15, 0.2) is 91.0 Å². The number of likely N-dealkylation sites (tertiary alicyclic amines) is 4. The number of nitriles is 1. The number of halogens is 1. The van der Waals surface area contributed by atoms with Gasteiger partial charge in [-0.2, -0.15) is 5.26 Å². The Morgan fingerprint density at radius 1 is 0.454 bits per heavy atom. The van der Waals surface area contributed by atoms with Crippen molar-refractivity contribution in [2.45, 2.75) is 258 Å². The van der Waals surface area contributed by atoms with E-state index >= 15 is 0 Å². The van der Waals surface area contributed by atoms with Crippen LogP contribution < -0.4 is 21.7 Å². The monoisotopic (exact) mass is 1710 g/mol. The molecule has 3 aromatic carbocycles. The standard InChI is InChI=1S/C19H28N2O5.C14H20N2O3.C11H22N2O3.C11H18N2O3.C9H15NO3.C8H7ClO2.2C4H8O.CH4O.6CH4/c1-19(2,3)26-18(24)21-11-15(16(22)12-21)9-10-20-17(23)25-13-14-7-5-4-6-8-14;17-13-9-15-8-12(13)6-7-16-14(18)19-10-11-4-2-1-3-5-11;2*1-11(2,3)16-10(15)13-6-8(4-5-12)9(14)7-13;1-9(2,3)13-8(11)10-4-6-7(5-10)12-6;9-8(10)11-6-7-4-2-1-3-5-7;2*1-2-4-5-3-1;1-2;;;;;;/h4-8,15-16,22H,9-13H2,1-3H3,(H,20,23);1-5,12-13,15,17H,6-10H2,(H,16,18);8-9,14H,4-7,12H2,1-3H3;8-9,14H,4,6-7H2,1-3H3;6-7H,4-5H2,1-3H3;1-5H,6H2;2*1-4H2;2H,1H3;6*1H4/t15-,16-;12-,13-;2*8-,9-;;;;;;;;;;;/m0000.........../s1. The molecule has 31 nitrogen and oxygen atoms in total. The molecule has 8 aliphatic rings. The number of β-amino-alcohol motifs (C(OH)–C–C–N with tert-alkyl or cyclic N) is 4. The zero-order valence-electron chi connectivity index (χ0n) is 68.6. The second kappa shape index (κ2) is 62.3. The highest BCUT2D eigenvalue weighted by molar-refractivity contribution is 6.61. The molecule has 8 heterocycles. The van der Waals surface area contributed by atoms with Gasteiger partial charge in [-0.3, -0.25) is 0 Å². The molecule has 32 heteroatoms. The molecule has 10 atom stereocenters. The lowest BCUT2D eigenvalue weighted by Crippen LogP contribution is -2.37. The van der Waals surface area contributed by atoms with Crippen LogP contribution in [0.3, 0.4) is 0 Å². The van der Waals surface area contributed by atoms with Gasteiger partial charge in [-0.05, 0) is 151 Å². The number of ether oxygens (including phenoxy) is 10. The van der Waals surface area contributed by atoms with Gasteiger partial charge in [0.25, 0.3) is 0 Å². The summed E-state index contributed by atoms with van der Waals surface area (Å²) in [6.07, 6.45) is 3.65. The molecule has 686 valence electrons. The number of rotatable bonds is 15. The van der Waals surface area contributed by atoms with Crippen LogP contribution in [0.1, 0.15) is 196 Å². The summed E-state index contributed by atoms with van der Waals surface area (Å²) in [5.74, 6) is 0.0430. The molecule has 0 aromatic heterocycles. The van der Waals surface area contributed by atoms with Crippen LogP contribution in [0, 0.1) is 35.0 Å². The lowest BCUT2D eigenvalue weighted by molar-refractivity contribution is 0.0226. The third kappa shape index (κ3) is 53.5. The number of carbonyl (C=O) groups excluding carboxylic acids is 7. The van der Waals surface area contributed by atoms with E-state index in [9.17, 15) is 54.0 Å². The van der Waals surface area contributed by atoms with E-state index in [-0.39, 0.29) is 138 Å². The number of fused-ring (bicyclic) bond motifs is 1. The molecule has 0 saturated carbocycles. The first-order valence-corrected chi connectivity index (χ1v) is 39.2. The Morgan fingerprint density at radius 2 is 0.756 bits per heavy atom. The molecule has 2 unspecified atom stereocenters. The Morgan fingerprint density at radius 3 is 1.04 bits per heavy atom. The number of nitrogens with zero attached hydrogens (tertiary/aromatic N) is 5. The van der Waals surface area contributed by atoms with Crippen molar-refractivity contribution in [3.8, 4) is 6.07 Å². The molecule has 8 fully saturated rings. The van der Waals surface area contributed by atoms with Gasteiger partial charge in [-0.1, -0.05) is 136 Å². The number of alkyl carbamates (subject to hydrolysis) is 2. The first-order valence-electron chi connectivity index (χ1n) is 38.8. The lowest BCUT2D eigenvalue weighted by Gasteiger charge is -2.24. The summed E-state index contributed by atoms with van der Waals surface area (Å²) >= 11 is 4.97. The van der Waals surface area contributed by atoms with Crippen LogP contribution in [0.5, 0.6) is 0 Å². The van der Waals surface area contributed by atoms with E-state index < -0.39 is 70.5 Å². The van der Waals surface area contributed by atoms with Gasteiger partial charge in [0.1, 0.15) is 54.4 Å². The third-order valence-electron chi connectivity index (χ3n) is 17.4. The topological polar surface area (TPSA) is 415 Å². The van der Waals surface area contributed by atoms with Crippen molar-refractivity contribution in [2.75, 3.05) is 119 Å². The number of nitrogens with one attached hydrogen (secondary N) is 3. The average Bonchev–Trinajstić information content (AvgIpc) is 1.63. The van der Waals surface area contributed by atoms with Crippen molar-refractivity contribution in [3.05, 3.63) is 108 Å². The summed E-state index contributed by atoms with van der Waals surface area (Å²) in [5, 5.41) is 63.1. The van der Waals surface area contributed by atoms with Crippen LogP contribution >= 0.6 is 11.6 Å². The second-order valence-corrected chi connectivity index (χ2v) is 32.2. The maximum Gasteiger partial charge on any atom is 0.410 e. The van der Waals surface area contributed by atoms with Gasteiger partial charge < -0.3 is 114 Å².